The van der Waals surface area contributed by atoms with E-state index in [1.54, 1.807) is 18.4 Å². The van der Waals surface area contributed by atoms with Crippen LogP contribution in [0.4, 0.5) is 13.2 Å². The Morgan fingerprint density at radius 2 is 1.90 bits per heavy atom. The summed E-state index contributed by atoms with van der Waals surface area (Å²) in [6.45, 7) is 3.16. The molecule has 1 aromatic heterocycles. The first-order valence-corrected chi connectivity index (χ1v) is 10.4. The molecule has 1 N–H and O–H groups in total. The summed E-state index contributed by atoms with van der Waals surface area (Å²) in [4.78, 5) is 25.4. The second-order valence-corrected chi connectivity index (χ2v) is 8.50. The van der Waals surface area contributed by atoms with E-state index >= 15 is 0 Å². The number of halogens is 3. The Morgan fingerprint density at radius 3 is 2.47 bits per heavy atom. The number of benzene rings is 1. The van der Waals surface area contributed by atoms with E-state index in [9.17, 15) is 22.8 Å². The highest BCUT2D eigenvalue weighted by Gasteiger charge is 2.42. The number of methoxy groups -OCH3 is 1. The molecule has 0 spiro atoms. The van der Waals surface area contributed by atoms with Crippen LogP contribution in [0, 0.1) is 5.92 Å². The molecule has 1 aliphatic carbocycles. The van der Waals surface area contributed by atoms with Gasteiger partial charge in [0.1, 0.15) is 0 Å². The zero-order valence-electron chi connectivity index (χ0n) is 16.6. The van der Waals surface area contributed by atoms with E-state index in [2.05, 4.69) is 5.32 Å². The van der Waals surface area contributed by atoms with E-state index in [0.717, 1.165) is 30.2 Å². The Balaban J connectivity index is 2.00. The number of carbonyl (C=O) groups excluding carboxylic acids is 2. The molecule has 0 saturated heterocycles. The molecule has 2 aromatic rings. The number of ketones is 1. The van der Waals surface area contributed by atoms with Crippen LogP contribution >= 0.6 is 11.3 Å². The lowest BCUT2D eigenvalue weighted by Crippen LogP contribution is -2.32. The monoisotopic (exact) mass is 435 g/mol. The minimum absolute atomic E-state index is 0.0938. The molecular weight excluding hydrogens is 415 g/mol. The average molecular weight is 435 g/mol. The van der Waals surface area contributed by atoms with E-state index in [1.807, 2.05) is 0 Å². The molecule has 1 fully saturated rings. The molecule has 2 aliphatic rings. The fraction of sp³-hybridized carbons (Fsp3) is 0.364. The van der Waals surface area contributed by atoms with Crippen LogP contribution in [0.15, 0.2) is 46.1 Å². The van der Waals surface area contributed by atoms with Crippen molar-refractivity contribution in [2.75, 3.05) is 7.11 Å². The van der Waals surface area contributed by atoms with Crippen molar-refractivity contribution < 1.29 is 27.5 Å². The van der Waals surface area contributed by atoms with Crippen LogP contribution in [-0.4, -0.2) is 18.9 Å². The van der Waals surface area contributed by atoms with Crippen LogP contribution in [0.2, 0.25) is 0 Å². The molecule has 0 radical (unpaired) electrons. The fourth-order valence-electron chi connectivity index (χ4n) is 4.19. The number of nitrogens with one attached hydrogen (secondary N) is 1. The predicted molar refractivity (Wildman–Crippen MR) is 108 cm³/mol. The molecule has 1 aliphatic heterocycles. The van der Waals surface area contributed by atoms with Gasteiger partial charge in [0.15, 0.2) is 5.78 Å². The Hall–Kier alpha value is -2.61. The quantitative estimate of drug-likeness (QED) is 0.662. The molecule has 1 atom stereocenters. The number of alkyl halides is 3. The van der Waals surface area contributed by atoms with Crippen LogP contribution in [0.1, 0.15) is 43.7 Å². The molecule has 4 rings (SSSR count). The summed E-state index contributed by atoms with van der Waals surface area (Å²) in [6.07, 6.45) is -2.69. The second-order valence-electron chi connectivity index (χ2n) is 7.62. The van der Waals surface area contributed by atoms with Crippen molar-refractivity contribution in [3.8, 4) is 0 Å². The maximum absolute atomic E-state index is 13.5. The number of esters is 1. The van der Waals surface area contributed by atoms with Gasteiger partial charge < -0.3 is 10.1 Å². The van der Waals surface area contributed by atoms with Gasteiger partial charge in [-0.05, 0) is 55.0 Å². The summed E-state index contributed by atoms with van der Waals surface area (Å²) in [5, 5.41) is 5.23. The molecule has 1 aromatic carbocycles. The molecular formula is C22H20F3NO3S. The van der Waals surface area contributed by atoms with Gasteiger partial charge in [0.2, 0.25) is 0 Å². The number of dihydropyridines is 1. The SMILES string of the molecule is COC(=O)C1=C(C2CC2)NC(C)=C(C(C)=O)C1c1csc2c(C(F)(F)F)cccc12. The predicted octanol–water partition coefficient (Wildman–Crippen LogP) is 5.31. The van der Waals surface area contributed by atoms with E-state index in [1.165, 1.54) is 20.1 Å². The van der Waals surface area contributed by atoms with Crippen LogP contribution in [0.5, 0.6) is 0 Å². The summed E-state index contributed by atoms with van der Waals surface area (Å²) in [5.41, 5.74) is 1.81. The van der Waals surface area contributed by atoms with E-state index in [4.69, 9.17) is 4.74 Å². The van der Waals surface area contributed by atoms with E-state index < -0.39 is 23.6 Å². The third-order valence-corrected chi connectivity index (χ3v) is 6.66. The summed E-state index contributed by atoms with van der Waals surface area (Å²) >= 11 is 0.974. The fourth-order valence-corrected chi connectivity index (χ4v) is 5.32. The van der Waals surface area contributed by atoms with Crippen LogP contribution < -0.4 is 5.32 Å². The van der Waals surface area contributed by atoms with Gasteiger partial charge in [-0.1, -0.05) is 12.1 Å². The van der Waals surface area contributed by atoms with Gasteiger partial charge in [-0.15, -0.1) is 11.3 Å². The van der Waals surface area contributed by atoms with Crippen molar-refractivity contribution in [2.45, 2.75) is 38.8 Å². The van der Waals surface area contributed by atoms with Gasteiger partial charge in [0.05, 0.1) is 18.2 Å². The first-order valence-electron chi connectivity index (χ1n) is 9.53. The standard InChI is InChI=1S/C22H20F3NO3S/c1-10-16(11(2)27)17(18(21(28)29-3)19(26-10)12-7-8-12)14-9-30-20-13(14)5-4-6-15(20)22(23,24)25/h4-6,9,12,17,26H,7-8H2,1-3H3. The third-order valence-electron chi connectivity index (χ3n) is 5.61. The zero-order valence-corrected chi connectivity index (χ0v) is 17.5. The second kappa shape index (κ2) is 7.27. The summed E-state index contributed by atoms with van der Waals surface area (Å²) in [5.74, 6) is -1.44. The number of thiophene rings is 1. The largest absolute Gasteiger partial charge is 0.466 e. The Bertz CT molecular complexity index is 1120. The van der Waals surface area contributed by atoms with Crippen molar-refractivity contribution in [1.82, 2.24) is 5.32 Å². The molecule has 4 nitrogen and oxygen atoms in total. The average Bonchev–Trinajstić information content (AvgIpc) is 3.44. The highest BCUT2D eigenvalue weighted by atomic mass is 32.1. The maximum atomic E-state index is 13.5. The highest BCUT2D eigenvalue weighted by molar-refractivity contribution is 7.17. The van der Waals surface area contributed by atoms with Crippen LogP contribution in [0.25, 0.3) is 10.1 Å². The maximum Gasteiger partial charge on any atom is 0.417 e. The molecule has 0 bridgehead atoms. The normalized spacial score (nSPS) is 19.9. The molecule has 1 saturated carbocycles. The molecule has 2 heterocycles. The number of hydrogen-bond donors (Lipinski definition) is 1. The number of rotatable bonds is 4. The van der Waals surface area contributed by atoms with Crippen molar-refractivity contribution in [3.05, 3.63) is 57.2 Å². The van der Waals surface area contributed by atoms with E-state index in [-0.39, 0.29) is 16.4 Å². The zero-order chi connectivity index (χ0) is 21.8. The van der Waals surface area contributed by atoms with Gasteiger partial charge in [0.25, 0.3) is 0 Å². The summed E-state index contributed by atoms with van der Waals surface area (Å²) < 4.78 is 45.7. The Morgan fingerprint density at radius 1 is 1.20 bits per heavy atom. The Kier molecular flexibility index (Phi) is 5.00. The number of fused-ring (bicyclic) bond motifs is 1. The topological polar surface area (TPSA) is 55.4 Å². The van der Waals surface area contributed by atoms with Crippen molar-refractivity contribution >= 4 is 33.2 Å². The van der Waals surface area contributed by atoms with Crippen LogP contribution in [-0.2, 0) is 20.5 Å². The van der Waals surface area contributed by atoms with Crippen LogP contribution in [0.3, 0.4) is 0 Å². The molecule has 30 heavy (non-hydrogen) atoms. The van der Waals surface area contributed by atoms with Gasteiger partial charge in [0, 0.05) is 27.6 Å². The molecule has 0 amide bonds. The molecule has 8 heteroatoms. The van der Waals surface area contributed by atoms with Crippen molar-refractivity contribution in [1.29, 1.82) is 0 Å². The number of ether oxygens (including phenoxy) is 1. The summed E-state index contributed by atoms with van der Waals surface area (Å²) in [7, 11) is 1.27. The van der Waals surface area contributed by atoms with Gasteiger partial charge >= 0.3 is 12.1 Å². The van der Waals surface area contributed by atoms with E-state index in [0.29, 0.717) is 33.5 Å². The molecule has 158 valence electrons. The first-order chi connectivity index (χ1) is 14.1. The summed E-state index contributed by atoms with van der Waals surface area (Å²) in [6, 6.07) is 4.01. The smallest absolute Gasteiger partial charge is 0.417 e. The third kappa shape index (κ3) is 3.33. The van der Waals surface area contributed by atoms with Gasteiger partial charge in [-0.3, -0.25) is 4.79 Å². The Labute approximate surface area is 175 Å². The van der Waals surface area contributed by atoms with Gasteiger partial charge in [-0.2, -0.15) is 13.2 Å². The van der Waals surface area contributed by atoms with Crippen molar-refractivity contribution in [2.24, 2.45) is 5.92 Å². The minimum Gasteiger partial charge on any atom is -0.466 e. The lowest BCUT2D eigenvalue weighted by atomic mass is 9.78. The lowest BCUT2D eigenvalue weighted by molar-refractivity contribution is -0.137. The lowest BCUT2D eigenvalue weighted by Gasteiger charge is -2.31. The van der Waals surface area contributed by atoms with Crippen molar-refractivity contribution in [3.63, 3.8) is 0 Å². The van der Waals surface area contributed by atoms with Gasteiger partial charge in [-0.25, -0.2) is 4.79 Å². The number of allylic oxidation sites excluding steroid dienone is 3. The minimum atomic E-state index is -4.49. The highest BCUT2D eigenvalue weighted by Crippen LogP contribution is 2.49. The molecule has 1 unspecified atom stereocenters. The number of hydrogen-bond acceptors (Lipinski definition) is 5. The number of carbonyl (C=O) groups is 2. The number of Topliss-reactive ketones (excluding diaryl/α,β-unsaturated/α-hetero) is 1. The first kappa shape index (κ1) is 20.7.